The Morgan fingerprint density at radius 2 is 1.64 bits per heavy atom. The van der Waals surface area contributed by atoms with E-state index >= 15 is 0 Å². The predicted molar refractivity (Wildman–Crippen MR) is 181 cm³/mol. The summed E-state index contributed by atoms with van der Waals surface area (Å²) in [5.41, 5.74) is 9.64. The smallest absolute Gasteiger partial charge is 0.132 e. The lowest BCUT2D eigenvalue weighted by Crippen LogP contribution is -2.38. The molecule has 0 aliphatic carbocycles. The molecule has 0 spiro atoms. The van der Waals surface area contributed by atoms with Gasteiger partial charge >= 0.3 is 0 Å². The van der Waals surface area contributed by atoms with Gasteiger partial charge in [-0.15, -0.1) is 0 Å². The number of anilines is 1. The van der Waals surface area contributed by atoms with Crippen molar-refractivity contribution in [2.24, 2.45) is 10.9 Å². The SMILES string of the molecule is C=C(C)N=C(c1ccc(CN2CCC(C(=C)N(c3ccccc3C)C(C)c3ccccn3)CC2)cc1C)c1ccccc1F. The fourth-order valence-electron chi connectivity index (χ4n) is 6.28. The maximum Gasteiger partial charge on any atom is 0.132 e. The molecule has 5 heteroatoms. The predicted octanol–water partition coefficient (Wildman–Crippen LogP) is 9.20. The Bertz CT molecular complexity index is 1650. The summed E-state index contributed by atoms with van der Waals surface area (Å²) in [5, 5.41) is 0. The molecule has 3 aromatic carbocycles. The first kappa shape index (κ1) is 31.1. The minimum Gasteiger partial charge on any atom is -0.336 e. The fraction of sp³-hybridized carbons (Fsp3) is 0.282. The largest absolute Gasteiger partial charge is 0.336 e. The summed E-state index contributed by atoms with van der Waals surface area (Å²) in [6, 6.07) is 28.0. The van der Waals surface area contributed by atoms with E-state index in [1.165, 1.54) is 22.9 Å². The van der Waals surface area contributed by atoms with E-state index in [2.05, 4.69) is 108 Å². The van der Waals surface area contributed by atoms with E-state index in [4.69, 9.17) is 0 Å². The molecule has 0 bridgehead atoms. The van der Waals surface area contributed by atoms with Crippen molar-refractivity contribution in [2.45, 2.75) is 53.1 Å². The number of piperidine rings is 1. The van der Waals surface area contributed by atoms with Gasteiger partial charge < -0.3 is 4.90 Å². The average Bonchev–Trinajstić information content (AvgIpc) is 3.02. The first-order valence-electron chi connectivity index (χ1n) is 15.5. The third-order valence-corrected chi connectivity index (χ3v) is 8.63. The van der Waals surface area contributed by atoms with Gasteiger partial charge in [-0.25, -0.2) is 4.39 Å². The number of allylic oxidation sites excluding steroid dienone is 2. The molecule has 0 N–H and O–H groups in total. The maximum atomic E-state index is 14.8. The van der Waals surface area contributed by atoms with Gasteiger partial charge in [0, 0.05) is 46.9 Å². The Morgan fingerprint density at radius 3 is 2.30 bits per heavy atom. The molecule has 4 nitrogen and oxygen atoms in total. The van der Waals surface area contributed by atoms with E-state index in [0.717, 1.165) is 55.0 Å². The number of halogens is 1. The standard InChI is InChI=1S/C39H43FN4/c1-27(2)42-39(35-14-8-9-15-36(35)40)34-19-18-32(25-29(34)4)26-43-23-20-33(21-24-43)30(5)44(38-17-10-7-13-28(38)3)31(6)37-16-11-12-22-41-37/h7-19,22,25,31,33H,1,5,20-21,23-24,26H2,2-4,6H3. The van der Waals surface area contributed by atoms with Crippen LogP contribution < -0.4 is 4.90 Å². The van der Waals surface area contributed by atoms with Crippen LogP contribution in [0.5, 0.6) is 0 Å². The Hall–Kier alpha value is -4.35. The number of aryl methyl sites for hydroxylation is 2. The van der Waals surface area contributed by atoms with Gasteiger partial charge in [0.05, 0.1) is 17.4 Å². The Labute approximate surface area is 262 Å². The van der Waals surface area contributed by atoms with Crippen molar-refractivity contribution in [3.63, 3.8) is 0 Å². The van der Waals surface area contributed by atoms with Crippen LogP contribution in [0.1, 0.15) is 66.2 Å². The molecule has 4 aromatic rings. The molecule has 0 amide bonds. The number of pyridine rings is 1. The van der Waals surface area contributed by atoms with Gasteiger partial charge in [0.1, 0.15) is 5.82 Å². The molecule has 1 unspecified atom stereocenters. The van der Waals surface area contributed by atoms with Crippen LogP contribution in [0.3, 0.4) is 0 Å². The molecule has 5 rings (SSSR count). The molecule has 1 aliphatic heterocycles. The number of hydrogen-bond donors (Lipinski definition) is 0. The molecule has 1 fully saturated rings. The highest BCUT2D eigenvalue weighted by Gasteiger charge is 2.29. The minimum atomic E-state index is -0.282. The number of aliphatic imine (C=N–C) groups is 1. The van der Waals surface area contributed by atoms with E-state index in [9.17, 15) is 4.39 Å². The maximum absolute atomic E-state index is 14.8. The quantitative estimate of drug-likeness (QED) is 0.174. The van der Waals surface area contributed by atoms with Crippen molar-refractivity contribution in [2.75, 3.05) is 18.0 Å². The van der Waals surface area contributed by atoms with Crippen LogP contribution in [-0.2, 0) is 6.54 Å². The van der Waals surface area contributed by atoms with E-state index < -0.39 is 0 Å². The van der Waals surface area contributed by atoms with Crippen molar-refractivity contribution < 1.29 is 4.39 Å². The molecule has 1 atom stereocenters. The summed E-state index contributed by atoms with van der Waals surface area (Å²) < 4.78 is 14.8. The van der Waals surface area contributed by atoms with Gasteiger partial charge in [-0.2, -0.15) is 0 Å². The van der Waals surface area contributed by atoms with Gasteiger partial charge in [-0.05, 0) is 101 Å². The number of para-hydroxylation sites is 1. The van der Waals surface area contributed by atoms with Crippen molar-refractivity contribution >= 4 is 11.4 Å². The first-order chi connectivity index (χ1) is 21.2. The van der Waals surface area contributed by atoms with Crippen LogP contribution in [0.2, 0.25) is 0 Å². The molecule has 1 saturated heterocycles. The number of hydrogen-bond acceptors (Lipinski definition) is 4. The molecule has 1 aliphatic rings. The Morgan fingerprint density at radius 1 is 0.932 bits per heavy atom. The number of aromatic nitrogens is 1. The summed E-state index contributed by atoms with van der Waals surface area (Å²) >= 11 is 0. The molecule has 0 saturated carbocycles. The van der Waals surface area contributed by atoms with Crippen LogP contribution in [0.15, 0.2) is 121 Å². The number of likely N-dealkylation sites (tertiary alicyclic amines) is 1. The van der Waals surface area contributed by atoms with Crippen molar-refractivity contribution in [3.05, 3.63) is 155 Å². The van der Waals surface area contributed by atoms with Gasteiger partial charge in [-0.3, -0.25) is 14.9 Å². The van der Waals surface area contributed by atoms with Gasteiger partial charge in [0.25, 0.3) is 0 Å². The highest BCUT2D eigenvalue weighted by molar-refractivity contribution is 6.14. The third kappa shape index (κ3) is 7.06. The molecule has 226 valence electrons. The van der Waals surface area contributed by atoms with E-state index in [1.54, 1.807) is 12.1 Å². The summed E-state index contributed by atoms with van der Waals surface area (Å²) in [6.07, 6.45) is 3.97. The zero-order valence-corrected chi connectivity index (χ0v) is 26.4. The molecular formula is C39H43FN4. The van der Waals surface area contributed by atoms with Crippen molar-refractivity contribution in [3.8, 4) is 0 Å². The molecular weight excluding hydrogens is 543 g/mol. The average molecular weight is 587 g/mol. The molecule has 2 heterocycles. The van der Waals surface area contributed by atoms with Crippen LogP contribution in [-0.4, -0.2) is 28.7 Å². The lowest BCUT2D eigenvalue weighted by molar-refractivity contribution is 0.189. The second kappa shape index (κ2) is 14.0. The summed E-state index contributed by atoms with van der Waals surface area (Å²) in [7, 11) is 0. The first-order valence-corrected chi connectivity index (χ1v) is 15.5. The molecule has 0 radical (unpaired) electrons. The summed E-state index contributed by atoms with van der Waals surface area (Å²) in [4.78, 5) is 14.2. The van der Waals surface area contributed by atoms with Crippen LogP contribution in [0, 0.1) is 25.6 Å². The summed E-state index contributed by atoms with van der Waals surface area (Å²) in [6.45, 7) is 19.8. The van der Waals surface area contributed by atoms with Crippen LogP contribution in [0.25, 0.3) is 0 Å². The monoisotopic (exact) mass is 586 g/mol. The fourth-order valence-corrected chi connectivity index (χ4v) is 6.28. The number of benzene rings is 3. The normalized spacial score (nSPS) is 15.2. The van der Waals surface area contributed by atoms with Crippen LogP contribution in [0.4, 0.5) is 10.1 Å². The van der Waals surface area contributed by atoms with Crippen molar-refractivity contribution in [1.29, 1.82) is 0 Å². The highest BCUT2D eigenvalue weighted by Crippen LogP contribution is 2.37. The van der Waals surface area contributed by atoms with E-state index in [0.29, 0.717) is 22.9 Å². The molecule has 44 heavy (non-hydrogen) atoms. The Kier molecular flexibility index (Phi) is 9.86. The molecule has 1 aromatic heterocycles. The zero-order chi connectivity index (χ0) is 31.2. The van der Waals surface area contributed by atoms with E-state index in [1.807, 2.05) is 25.3 Å². The number of nitrogens with zero attached hydrogens (tertiary/aromatic N) is 4. The second-order valence-corrected chi connectivity index (χ2v) is 12.0. The van der Waals surface area contributed by atoms with Crippen molar-refractivity contribution in [1.82, 2.24) is 9.88 Å². The van der Waals surface area contributed by atoms with Gasteiger partial charge in [0.2, 0.25) is 0 Å². The lowest BCUT2D eigenvalue weighted by Gasteiger charge is -2.40. The number of rotatable bonds is 10. The Balaban J connectivity index is 1.29. The topological polar surface area (TPSA) is 31.7 Å². The highest BCUT2D eigenvalue weighted by atomic mass is 19.1. The summed E-state index contributed by atoms with van der Waals surface area (Å²) in [5.74, 6) is 0.110. The van der Waals surface area contributed by atoms with E-state index in [-0.39, 0.29) is 11.9 Å². The minimum absolute atomic E-state index is 0.0759. The zero-order valence-electron chi connectivity index (χ0n) is 26.4. The second-order valence-electron chi connectivity index (χ2n) is 12.0. The third-order valence-electron chi connectivity index (χ3n) is 8.63. The van der Waals surface area contributed by atoms with Crippen LogP contribution >= 0.6 is 0 Å². The van der Waals surface area contributed by atoms with Gasteiger partial charge in [0.15, 0.2) is 0 Å². The lowest BCUT2D eigenvalue weighted by atomic mass is 9.91. The van der Waals surface area contributed by atoms with Gasteiger partial charge in [-0.1, -0.05) is 67.8 Å².